The molecule has 4 bridgehead atoms. The summed E-state index contributed by atoms with van der Waals surface area (Å²) in [5.41, 5.74) is 7.32. The number of benzene rings is 2. The van der Waals surface area contributed by atoms with Gasteiger partial charge in [-0.25, -0.2) is 4.79 Å². The number of aliphatic hydroxyl groups excluding tert-OH is 1. The lowest BCUT2D eigenvalue weighted by Gasteiger charge is -2.67. The Morgan fingerprint density at radius 3 is 2.60 bits per heavy atom. The van der Waals surface area contributed by atoms with Gasteiger partial charge in [-0.05, 0) is 79.3 Å². The first-order valence-corrected chi connectivity index (χ1v) is 16.8. The van der Waals surface area contributed by atoms with E-state index in [1.807, 2.05) is 12.1 Å². The molecule has 5 aliphatic carbocycles. The summed E-state index contributed by atoms with van der Waals surface area (Å²) in [5.74, 6) is 0.324. The molecule has 5 saturated carbocycles. The van der Waals surface area contributed by atoms with Gasteiger partial charge in [0, 0.05) is 45.9 Å². The first kappa shape index (κ1) is 33.0. The van der Waals surface area contributed by atoms with Gasteiger partial charge in [0.2, 0.25) is 0 Å². The van der Waals surface area contributed by atoms with Crippen LogP contribution in [0.5, 0.6) is 5.75 Å². The Hall–Kier alpha value is -3.95. The van der Waals surface area contributed by atoms with Gasteiger partial charge >= 0.3 is 5.97 Å². The maximum Gasteiger partial charge on any atom is 0.362 e. The molecule has 1 amide bonds. The lowest BCUT2D eigenvalue weighted by atomic mass is 9.38. The molecule has 9 atom stereocenters. The monoisotopic (exact) mass is 642 g/mol. The van der Waals surface area contributed by atoms with Gasteiger partial charge in [0.15, 0.2) is 6.54 Å². The summed E-state index contributed by atoms with van der Waals surface area (Å²) in [6.07, 6.45) is 6.40. The standard InChI is InChI=1S/C38H47N3O6/c1-6-36(3)19-27-28-14-16-38(22(2)33(36)44)17-15-30(42)32(38)37(28,4)34(27)47-31(43)21-40-20-29(39)24-8-7-9-25(18-24)41-35(45)23-10-12-26(46-5)13-11-23/h6-13,18,20,22,27-28,32-34,40,44H,1,14-17,19,21,39H2,2-5H3,(H,41,45)/p+1. The smallest absolute Gasteiger partial charge is 0.362 e. The maximum absolute atomic E-state index is 13.6. The second kappa shape index (κ2) is 12.3. The second-order valence-electron chi connectivity index (χ2n) is 14.7. The van der Waals surface area contributed by atoms with E-state index >= 15 is 0 Å². The highest BCUT2D eigenvalue weighted by Crippen LogP contribution is 2.74. The number of carbonyl (C=O) groups excluding carboxylic acids is 3. The molecule has 9 nitrogen and oxygen atoms in total. The normalized spacial score (nSPS) is 35.9. The molecule has 0 radical (unpaired) electrons. The molecule has 7 rings (SSSR count). The predicted molar refractivity (Wildman–Crippen MR) is 179 cm³/mol. The highest BCUT2D eigenvalue weighted by atomic mass is 16.5. The molecule has 1 spiro atoms. The van der Waals surface area contributed by atoms with Gasteiger partial charge in [-0.15, -0.1) is 6.58 Å². The fourth-order valence-corrected chi connectivity index (χ4v) is 9.94. The Balaban J connectivity index is 1.13. The number of nitrogens with two attached hydrogens (primary N) is 2. The van der Waals surface area contributed by atoms with Gasteiger partial charge in [-0.2, -0.15) is 0 Å². The molecule has 0 aromatic heterocycles. The van der Waals surface area contributed by atoms with Crippen LogP contribution in [-0.4, -0.2) is 48.6 Å². The Morgan fingerprint density at radius 1 is 1.15 bits per heavy atom. The van der Waals surface area contributed by atoms with Crippen LogP contribution in [0.3, 0.4) is 0 Å². The van der Waals surface area contributed by atoms with Crippen molar-refractivity contribution in [1.29, 1.82) is 0 Å². The highest BCUT2D eigenvalue weighted by Gasteiger charge is 2.75. The molecule has 0 saturated heterocycles. The van der Waals surface area contributed by atoms with E-state index in [1.54, 1.807) is 61.1 Å². The summed E-state index contributed by atoms with van der Waals surface area (Å²) in [6.45, 7) is 10.5. The van der Waals surface area contributed by atoms with Crippen molar-refractivity contribution in [3.05, 3.63) is 78.5 Å². The van der Waals surface area contributed by atoms with E-state index in [4.69, 9.17) is 15.2 Å². The number of fused-ring (bicyclic) bond motifs is 4. The highest BCUT2D eigenvalue weighted by molar-refractivity contribution is 6.04. The zero-order valence-corrected chi connectivity index (χ0v) is 27.8. The van der Waals surface area contributed by atoms with Crippen LogP contribution in [0.2, 0.25) is 0 Å². The minimum atomic E-state index is -0.623. The summed E-state index contributed by atoms with van der Waals surface area (Å²) in [6, 6.07) is 14.0. The van der Waals surface area contributed by atoms with Gasteiger partial charge in [-0.1, -0.05) is 39.0 Å². The minimum absolute atomic E-state index is 0.0279. The molecule has 0 heterocycles. The zero-order valence-electron chi connectivity index (χ0n) is 27.8. The largest absolute Gasteiger partial charge is 0.497 e. The number of hydrogen-bond donors (Lipinski definition) is 4. The number of carbonyl (C=O) groups is 3. The second-order valence-corrected chi connectivity index (χ2v) is 14.7. The Morgan fingerprint density at radius 2 is 1.89 bits per heavy atom. The van der Waals surface area contributed by atoms with Gasteiger partial charge in [0.25, 0.3) is 5.91 Å². The summed E-state index contributed by atoms with van der Waals surface area (Å²) < 4.78 is 11.5. The predicted octanol–water partition coefficient (Wildman–Crippen LogP) is 4.28. The maximum atomic E-state index is 13.6. The van der Waals surface area contributed by atoms with Gasteiger partial charge in [-0.3, -0.25) is 9.59 Å². The molecular formula is C38H48N3O6+. The summed E-state index contributed by atoms with van der Waals surface area (Å²) in [4.78, 5) is 39.7. The molecule has 9 heteroatoms. The number of aliphatic hydroxyl groups is 1. The molecule has 250 valence electrons. The van der Waals surface area contributed by atoms with Gasteiger partial charge < -0.3 is 30.9 Å². The van der Waals surface area contributed by atoms with E-state index in [1.165, 1.54) is 0 Å². The Kier molecular flexibility index (Phi) is 8.59. The van der Waals surface area contributed by atoms with Gasteiger partial charge in [0.1, 0.15) is 23.8 Å². The number of hydrogen-bond acceptors (Lipinski definition) is 7. The number of quaternary nitrogens is 1. The molecule has 6 N–H and O–H groups in total. The van der Waals surface area contributed by atoms with E-state index in [0.717, 1.165) is 19.3 Å². The van der Waals surface area contributed by atoms with E-state index in [9.17, 15) is 19.5 Å². The van der Waals surface area contributed by atoms with Crippen molar-refractivity contribution in [1.82, 2.24) is 0 Å². The fraction of sp³-hybridized carbons (Fsp3) is 0.500. The minimum Gasteiger partial charge on any atom is -0.497 e. The van der Waals surface area contributed by atoms with Crippen LogP contribution in [0.15, 0.2) is 67.4 Å². The number of nitrogens with one attached hydrogen (secondary N) is 1. The molecule has 5 aliphatic rings. The summed E-state index contributed by atoms with van der Waals surface area (Å²) >= 11 is 0. The summed E-state index contributed by atoms with van der Waals surface area (Å²) in [5, 5.41) is 16.3. The van der Waals surface area contributed by atoms with Gasteiger partial charge in [0.05, 0.1) is 18.9 Å². The van der Waals surface area contributed by atoms with Crippen LogP contribution in [0, 0.1) is 39.9 Å². The molecule has 0 aliphatic heterocycles. The molecular weight excluding hydrogens is 594 g/mol. The number of Topliss-reactive ketones (excluding diaryl/α,β-unsaturated/α-hetero) is 1. The van der Waals surface area contributed by atoms with Crippen molar-refractivity contribution in [2.24, 2.45) is 45.7 Å². The van der Waals surface area contributed by atoms with Crippen LogP contribution < -0.4 is 21.1 Å². The lowest BCUT2D eigenvalue weighted by molar-refractivity contribution is -0.577. The quantitative estimate of drug-likeness (QED) is 0.236. The van der Waals surface area contributed by atoms with Crippen LogP contribution >= 0.6 is 0 Å². The lowest BCUT2D eigenvalue weighted by Crippen LogP contribution is -2.81. The molecule has 47 heavy (non-hydrogen) atoms. The van der Waals surface area contributed by atoms with Crippen molar-refractivity contribution in [2.45, 2.75) is 65.1 Å². The van der Waals surface area contributed by atoms with Crippen LogP contribution in [0.1, 0.15) is 68.8 Å². The van der Waals surface area contributed by atoms with Crippen LogP contribution in [0.4, 0.5) is 5.69 Å². The average molecular weight is 643 g/mol. The third-order valence-electron chi connectivity index (χ3n) is 12.4. The van der Waals surface area contributed by atoms with Crippen LogP contribution in [0.25, 0.3) is 5.70 Å². The first-order chi connectivity index (χ1) is 22.4. The van der Waals surface area contributed by atoms with Crippen LogP contribution in [-0.2, 0) is 14.3 Å². The molecule has 2 aromatic carbocycles. The third kappa shape index (κ3) is 5.37. The van der Waals surface area contributed by atoms with E-state index in [2.05, 4.69) is 32.7 Å². The van der Waals surface area contributed by atoms with Crippen molar-refractivity contribution >= 4 is 29.0 Å². The Labute approximate surface area is 277 Å². The zero-order chi connectivity index (χ0) is 33.7. The topological polar surface area (TPSA) is 145 Å². The SMILES string of the molecule is C=CC1(C)CC2C3CCC4(CCC(=O)C4C3(C)C2OC(=O)C[NH2+]C=C(N)c2cccc(NC(=O)c3ccc(OC)cc3)c2)C(C)C1O. The summed E-state index contributed by atoms with van der Waals surface area (Å²) in [7, 11) is 1.57. The van der Waals surface area contributed by atoms with Crippen molar-refractivity contribution in [2.75, 3.05) is 19.0 Å². The number of amides is 1. The Bertz CT molecular complexity index is 1600. The van der Waals surface area contributed by atoms with Crippen molar-refractivity contribution < 1.29 is 34.3 Å². The average Bonchev–Trinajstić information content (AvgIpc) is 3.44. The van der Waals surface area contributed by atoms with Crippen molar-refractivity contribution in [3.8, 4) is 5.75 Å². The van der Waals surface area contributed by atoms with E-state index in [0.29, 0.717) is 41.1 Å². The van der Waals surface area contributed by atoms with Crippen molar-refractivity contribution in [3.63, 3.8) is 0 Å². The number of anilines is 1. The molecule has 2 aromatic rings. The fourth-order valence-electron chi connectivity index (χ4n) is 9.94. The third-order valence-corrected chi connectivity index (χ3v) is 12.4. The van der Waals surface area contributed by atoms with E-state index < -0.39 is 23.0 Å². The first-order valence-electron chi connectivity index (χ1n) is 16.8. The molecule has 9 unspecified atom stereocenters. The number of esters is 1. The number of ether oxygens (including phenoxy) is 2. The molecule has 5 fully saturated rings. The number of methoxy groups -OCH3 is 1. The number of rotatable bonds is 9. The number of ketones is 1. The van der Waals surface area contributed by atoms with E-state index in [-0.39, 0.29) is 53.3 Å².